The smallest absolute Gasteiger partial charge is 0.0821 e. The van der Waals surface area contributed by atoms with Gasteiger partial charge < -0.3 is 15.3 Å². The third-order valence-electron chi connectivity index (χ3n) is 4.39. The number of nitrogens with one attached hydrogen (secondary N) is 1. The average Bonchev–Trinajstić information content (AvgIpc) is 2.87. The lowest BCUT2D eigenvalue weighted by Crippen LogP contribution is -2.39. The zero-order chi connectivity index (χ0) is 14.6. The van der Waals surface area contributed by atoms with Crippen LogP contribution in [0.4, 0.5) is 5.69 Å². The Morgan fingerprint density at radius 2 is 2.10 bits per heavy atom. The highest BCUT2D eigenvalue weighted by Gasteiger charge is 2.32. The molecule has 1 aromatic rings. The van der Waals surface area contributed by atoms with Crippen molar-refractivity contribution in [1.29, 1.82) is 0 Å². The molecule has 1 fully saturated rings. The SMILES string of the molecule is CCC(NC)c1ccc(N(C)CC2(O)CCCC2)cn1. The van der Waals surface area contributed by atoms with Crippen molar-refractivity contribution in [1.82, 2.24) is 10.3 Å². The van der Waals surface area contributed by atoms with Gasteiger partial charge in [0.15, 0.2) is 0 Å². The van der Waals surface area contributed by atoms with Gasteiger partial charge in [-0.3, -0.25) is 4.98 Å². The van der Waals surface area contributed by atoms with Crippen molar-refractivity contribution < 1.29 is 5.11 Å². The van der Waals surface area contributed by atoms with Gasteiger partial charge in [-0.1, -0.05) is 19.8 Å². The minimum Gasteiger partial charge on any atom is -0.388 e. The van der Waals surface area contributed by atoms with Crippen LogP contribution in [0.5, 0.6) is 0 Å². The van der Waals surface area contributed by atoms with E-state index in [1.54, 1.807) is 0 Å². The Labute approximate surface area is 122 Å². The van der Waals surface area contributed by atoms with E-state index in [0.717, 1.165) is 43.5 Å². The zero-order valence-electron chi connectivity index (χ0n) is 12.9. The Morgan fingerprint density at radius 1 is 1.40 bits per heavy atom. The summed E-state index contributed by atoms with van der Waals surface area (Å²) < 4.78 is 0. The van der Waals surface area contributed by atoms with E-state index >= 15 is 0 Å². The molecule has 4 heteroatoms. The van der Waals surface area contributed by atoms with Crippen LogP contribution >= 0.6 is 0 Å². The number of nitrogens with zero attached hydrogens (tertiary/aromatic N) is 2. The summed E-state index contributed by atoms with van der Waals surface area (Å²) in [5, 5.41) is 13.7. The van der Waals surface area contributed by atoms with Crippen LogP contribution in [0.2, 0.25) is 0 Å². The van der Waals surface area contributed by atoms with Crippen LogP contribution in [0.15, 0.2) is 18.3 Å². The third kappa shape index (κ3) is 3.49. The standard InChI is InChI=1S/C16H27N3O/c1-4-14(17-2)15-8-7-13(11-18-15)19(3)12-16(20)9-5-6-10-16/h7-8,11,14,17,20H,4-6,9-10,12H2,1-3H3. The van der Waals surface area contributed by atoms with Crippen molar-refractivity contribution in [3.63, 3.8) is 0 Å². The van der Waals surface area contributed by atoms with Crippen molar-refractivity contribution in [3.05, 3.63) is 24.0 Å². The maximum atomic E-state index is 10.5. The second-order valence-electron chi connectivity index (χ2n) is 5.98. The van der Waals surface area contributed by atoms with Crippen molar-refractivity contribution >= 4 is 5.69 Å². The molecule has 0 saturated heterocycles. The van der Waals surface area contributed by atoms with E-state index in [9.17, 15) is 5.11 Å². The molecule has 2 rings (SSSR count). The molecule has 1 aliphatic rings. The second kappa shape index (κ2) is 6.55. The fourth-order valence-corrected chi connectivity index (χ4v) is 3.11. The molecular formula is C16H27N3O. The minimum atomic E-state index is -0.510. The summed E-state index contributed by atoms with van der Waals surface area (Å²) in [6.07, 6.45) is 7.05. The largest absolute Gasteiger partial charge is 0.388 e. The van der Waals surface area contributed by atoms with Gasteiger partial charge in [-0.2, -0.15) is 0 Å². The van der Waals surface area contributed by atoms with Gasteiger partial charge in [0.05, 0.1) is 23.2 Å². The number of pyridine rings is 1. The monoisotopic (exact) mass is 277 g/mol. The molecule has 20 heavy (non-hydrogen) atoms. The van der Waals surface area contributed by atoms with Crippen LogP contribution in [-0.2, 0) is 0 Å². The van der Waals surface area contributed by atoms with Gasteiger partial charge >= 0.3 is 0 Å². The number of anilines is 1. The van der Waals surface area contributed by atoms with Crippen molar-refractivity contribution in [2.24, 2.45) is 0 Å². The number of aromatic nitrogens is 1. The number of rotatable bonds is 6. The first-order chi connectivity index (χ1) is 9.58. The van der Waals surface area contributed by atoms with Crippen LogP contribution in [0.1, 0.15) is 50.8 Å². The van der Waals surface area contributed by atoms with Crippen LogP contribution < -0.4 is 10.2 Å². The highest BCUT2D eigenvalue weighted by atomic mass is 16.3. The summed E-state index contributed by atoms with van der Waals surface area (Å²) in [6.45, 7) is 2.84. The molecule has 4 nitrogen and oxygen atoms in total. The van der Waals surface area contributed by atoms with Crippen molar-refractivity contribution in [2.45, 2.75) is 50.7 Å². The zero-order valence-corrected chi connectivity index (χ0v) is 12.9. The van der Waals surface area contributed by atoms with Gasteiger partial charge in [0, 0.05) is 19.6 Å². The van der Waals surface area contributed by atoms with E-state index in [1.807, 2.05) is 20.3 Å². The van der Waals surface area contributed by atoms with Crippen LogP contribution in [0.25, 0.3) is 0 Å². The van der Waals surface area contributed by atoms with Gasteiger partial charge in [-0.25, -0.2) is 0 Å². The first-order valence-corrected chi connectivity index (χ1v) is 7.65. The molecule has 1 aliphatic carbocycles. The Bertz CT molecular complexity index is 408. The fraction of sp³-hybridized carbons (Fsp3) is 0.688. The summed E-state index contributed by atoms with van der Waals surface area (Å²) in [6, 6.07) is 4.49. The Morgan fingerprint density at radius 3 is 2.60 bits per heavy atom. The van der Waals surface area contributed by atoms with Gasteiger partial charge in [-0.15, -0.1) is 0 Å². The first-order valence-electron chi connectivity index (χ1n) is 7.65. The van der Waals surface area contributed by atoms with Crippen LogP contribution in [-0.4, -0.2) is 36.3 Å². The molecule has 0 aromatic carbocycles. The van der Waals surface area contributed by atoms with E-state index in [-0.39, 0.29) is 0 Å². The normalized spacial score (nSPS) is 19.0. The highest BCUT2D eigenvalue weighted by molar-refractivity contribution is 5.44. The van der Waals surface area contributed by atoms with E-state index < -0.39 is 5.60 Å². The predicted octanol–water partition coefficient (Wildman–Crippen LogP) is 2.49. The molecule has 0 aliphatic heterocycles. The molecule has 1 heterocycles. The molecule has 1 aromatic heterocycles. The summed E-state index contributed by atoms with van der Waals surface area (Å²) in [5.74, 6) is 0. The van der Waals surface area contributed by atoms with Crippen LogP contribution in [0, 0.1) is 0 Å². The Hall–Kier alpha value is -1.13. The third-order valence-corrected chi connectivity index (χ3v) is 4.39. The molecule has 1 unspecified atom stereocenters. The summed E-state index contributed by atoms with van der Waals surface area (Å²) >= 11 is 0. The Kier molecular flexibility index (Phi) is 5.00. The van der Waals surface area contributed by atoms with Crippen molar-refractivity contribution in [3.8, 4) is 0 Å². The fourth-order valence-electron chi connectivity index (χ4n) is 3.11. The van der Waals surface area contributed by atoms with Gasteiger partial charge in [0.1, 0.15) is 0 Å². The maximum absolute atomic E-state index is 10.5. The first kappa shape index (κ1) is 15.3. The summed E-state index contributed by atoms with van der Waals surface area (Å²) in [5.41, 5.74) is 1.64. The van der Waals surface area contributed by atoms with Gasteiger partial charge in [0.2, 0.25) is 0 Å². The van der Waals surface area contributed by atoms with Gasteiger partial charge in [-0.05, 0) is 38.4 Å². The lowest BCUT2D eigenvalue weighted by molar-refractivity contribution is 0.0559. The quantitative estimate of drug-likeness (QED) is 0.839. The average molecular weight is 277 g/mol. The maximum Gasteiger partial charge on any atom is 0.0821 e. The predicted molar refractivity (Wildman–Crippen MR) is 83.0 cm³/mol. The number of hydrogen-bond acceptors (Lipinski definition) is 4. The molecule has 0 radical (unpaired) electrons. The Balaban J connectivity index is 2.01. The van der Waals surface area contributed by atoms with E-state index in [4.69, 9.17) is 0 Å². The molecular weight excluding hydrogens is 250 g/mol. The van der Waals surface area contributed by atoms with E-state index in [2.05, 4.69) is 34.3 Å². The van der Waals surface area contributed by atoms with E-state index in [1.165, 1.54) is 0 Å². The second-order valence-corrected chi connectivity index (χ2v) is 5.98. The van der Waals surface area contributed by atoms with Gasteiger partial charge in [0.25, 0.3) is 0 Å². The van der Waals surface area contributed by atoms with E-state index in [0.29, 0.717) is 12.6 Å². The number of hydrogen-bond donors (Lipinski definition) is 2. The van der Waals surface area contributed by atoms with Crippen LogP contribution in [0.3, 0.4) is 0 Å². The number of likely N-dealkylation sites (N-methyl/N-ethyl adjacent to an activating group) is 1. The molecule has 1 atom stereocenters. The molecule has 2 N–H and O–H groups in total. The minimum absolute atomic E-state index is 0.313. The summed E-state index contributed by atoms with van der Waals surface area (Å²) in [7, 11) is 3.99. The number of aliphatic hydroxyl groups is 1. The highest BCUT2D eigenvalue weighted by Crippen LogP contribution is 2.31. The molecule has 112 valence electrons. The summed E-state index contributed by atoms with van der Waals surface area (Å²) in [4.78, 5) is 6.67. The molecule has 0 spiro atoms. The lowest BCUT2D eigenvalue weighted by Gasteiger charge is -2.30. The van der Waals surface area contributed by atoms with Crippen molar-refractivity contribution in [2.75, 3.05) is 25.5 Å². The lowest BCUT2D eigenvalue weighted by atomic mass is 10.0. The molecule has 0 amide bonds. The molecule has 0 bridgehead atoms. The topological polar surface area (TPSA) is 48.4 Å². The molecule has 1 saturated carbocycles.